The predicted octanol–water partition coefficient (Wildman–Crippen LogP) is 1.11. The lowest BCUT2D eigenvalue weighted by Gasteiger charge is -2.26. The lowest BCUT2D eigenvalue weighted by atomic mass is 10.0. The maximum absolute atomic E-state index is 12.3. The molecule has 0 bridgehead atoms. The van der Waals surface area contributed by atoms with Crippen molar-refractivity contribution in [3.05, 3.63) is 35.9 Å². The Balaban J connectivity index is 1.58. The minimum absolute atomic E-state index is 0.0324. The van der Waals surface area contributed by atoms with Crippen molar-refractivity contribution >= 4 is 5.91 Å². The van der Waals surface area contributed by atoms with Gasteiger partial charge in [-0.1, -0.05) is 30.3 Å². The summed E-state index contributed by atoms with van der Waals surface area (Å²) in [5.41, 5.74) is 1.28. The zero-order valence-corrected chi connectivity index (χ0v) is 11.7. The number of nitrogens with one attached hydrogen (secondary N) is 2. The maximum Gasteiger partial charge on any atom is 0.250 e. The number of carbonyl (C=O) groups is 1. The molecule has 0 aromatic heterocycles. The molecule has 0 radical (unpaired) electrons. The lowest BCUT2D eigenvalue weighted by molar-refractivity contribution is -0.135. The Kier molecular flexibility index (Phi) is 4.33. The number of ether oxygens (including phenoxy) is 1. The van der Waals surface area contributed by atoms with E-state index in [0.29, 0.717) is 19.1 Å². The van der Waals surface area contributed by atoms with Gasteiger partial charge in [-0.05, 0) is 30.7 Å². The topological polar surface area (TPSA) is 50.4 Å². The molecule has 20 heavy (non-hydrogen) atoms. The largest absolute Gasteiger partial charge is 0.366 e. The summed E-state index contributed by atoms with van der Waals surface area (Å²) in [5, 5.41) is 6.39. The Morgan fingerprint density at radius 3 is 2.80 bits per heavy atom. The fourth-order valence-electron chi connectivity index (χ4n) is 2.71. The minimum atomic E-state index is -0.333. The second kappa shape index (κ2) is 6.37. The van der Waals surface area contributed by atoms with Crippen molar-refractivity contribution in [3.8, 4) is 0 Å². The molecule has 1 amide bonds. The smallest absolute Gasteiger partial charge is 0.250 e. The monoisotopic (exact) mass is 274 g/mol. The molecular formula is C16H22N2O2. The molecule has 3 rings (SSSR count). The first-order valence-electron chi connectivity index (χ1n) is 7.49. The summed E-state index contributed by atoms with van der Waals surface area (Å²) >= 11 is 0. The molecule has 0 spiro atoms. The molecule has 4 heteroatoms. The predicted molar refractivity (Wildman–Crippen MR) is 77.4 cm³/mol. The first kappa shape index (κ1) is 13.6. The summed E-state index contributed by atoms with van der Waals surface area (Å²) in [6.45, 7) is 2.07. The van der Waals surface area contributed by atoms with Crippen LogP contribution in [0.1, 0.15) is 18.4 Å². The number of morpholine rings is 1. The molecule has 2 unspecified atom stereocenters. The molecule has 2 atom stereocenters. The molecule has 1 aromatic carbocycles. The van der Waals surface area contributed by atoms with Gasteiger partial charge < -0.3 is 15.4 Å². The highest BCUT2D eigenvalue weighted by molar-refractivity contribution is 5.81. The van der Waals surface area contributed by atoms with Crippen LogP contribution in [0.3, 0.4) is 0 Å². The molecule has 108 valence electrons. The van der Waals surface area contributed by atoms with Crippen LogP contribution in [0.25, 0.3) is 0 Å². The summed E-state index contributed by atoms with van der Waals surface area (Å²) in [7, 11) is 0. The Labute approximate surface area is 119 Å². The van der Waals surface area contributed by atoms with Crippen LogP contribution in [0.15, 0.2) is 30.3 Å². The Hall–Kier alpha value is -1.39. The SMILES string of the molecule is O=C(NC(Cc1ccccc1)C1CC1)C1CNCCO1. The van der Waals surface area contributed by atoms with Gasteiger partial charge in [0.2, 0.25) is 0 Å². The Morgan fingerprint density at radius 2 is 2.15 bits per heavy atom. The molecule has 2 fully saturated rings. The Morgan fingerprint density at radius 1 is 1.35 bits per heavy atom. The van der Waals surface area contributed by atoms with Gasteiger partial charge in [-0.25, -0.2) is 0 Å². The third-order valence-corrected chi connectivity index (χ3v) is 4.04. The average molecular weight is 274 g/mol. The van der Waals surface area contributed by atoms with E-state index in [1.807, 2.05) is 6.07 Å². The van der Waals surface area contributed by atoms with Crippen molar-refractivity contribution in [2.24, 2.45) is 5.92 Å². The molecule has 1 saturated heterocycles. The molecule has 2 aliphatic rings. The normalized spacial score (nSPS) is 24.1. The summed E-state index contributed by atoms with van der Waals surface area (Å²) in [4.78, 5) is 12.3. The summed E-state index contributed by atoms with van der Waals surface area (Å²) < 4.78 is 5.52. The summed E-state index contributed by atoms with van der Waals surface area (Å²) in [6.07, 6.45) is 3.03. The highest BCUT2D eigenvalue weighted by Gasteiger charge is 2.34. The van der Waals surface area contributed by atoms with Crippen LogP contribution in [0, 0.1) is 5.92 Å². The molecule has 1 aromatic rings. The van der Waals surface area contributed by atoms with Gasteiger partial charge in [0.1, 0.15) is 6.10 Å². The second-order valence-corrected chi connectivity index (χ2v) is 5.71. The lowest BCUT2D eigenvalue weighted by Crippen LogP contribution is -2.51. The van der Waals surface area contributed by atoms with Gasteiger partial charge in [0.25, 0.3) is 5.91 Å². The quantitative estimate of drug-likeness (QED) is 0.846. The van der Waals surface area contributed by atoms with Crippen LogP contribution < -0.4 is 10.6 Å². The molecule has 1 aliphatic carbocycles. The van der Waals surface area contributed by atoms with Gasteiger partial charge in [0.15, 0.2) is 0 Å². The average Bonchev–Trinajstić information content (AvgIpc) is 3.33. The second-order valence-electron chi connectivity index (χ2n) is 5.71. The van der Waals surface area contributed by atoms with Crippen LogP contribution in [0.4, 0.5) is 0 Å². The number of hydrogen-bond acceptors (Lipinski definition) is 3. The Bertz CT molecular complexity index is 439. The minimum Gasteiger partial charge on any atom is -0.366 e. The third kappa shape index (κ3) is 3.58. The zero-order valence-electron chi connectivity index (χ0n) is 11.7. The highest BCUT2D eigenvalue weighted by Crippen LogP contribution is 2.34. The molecular weight excluding hydrogens is 252 g/mol. The third-order valence-electron chi connectivity index (χ3n) is 4.04. The van der Waals surface area contributed by atoms with E-state index in [9.17, 15) is 4.79 Å². The van der Waals surface area contributed by atoms with E-state index < -0.39 is 0 Å². The maximum atomic E-state index is 12.3. The summed E-state index contributed by atoms with van der Waals surface area (Å²) in [5.74, 6) is 0.667. The van der Waals surface area contributed by atoms with E-state index in [4.69, 9.17) is 4.74 Å². The fraction of sp³-hybridized carbons (Fsp3) is 0.562. The van der Waals surface area contributed by atoms with Gasteiger partial charge in [-0.2, -0.15) is 0 Å². The number of benzene rings is 1. The van der Waals surface area contributed by atoms with Crippen LogP contribution in [0.2, 0.25) is 0 Å². The van der Waals surface area contributed by atoms with Gasteiger partial charge in [0, 0.05) is 19.1 Å². The van der Waals surface area contributed by atoms with E-state index in [1.54, 1.807) is 0 Å². The van der Waals surface area contributed by atoms with Crippen molar-refractivity contribution in [2.75, 3.05) is 19.7 Å². The molecule has 2 N–H and O–H groups in total. The van der Waals surface area contributed by atoms with E-state index in [0.717, 1.165) is 13.0 Å². The zero-order chi connectivity index (χ0) is 13.8. The van der Waals surface area contributed by atoms with E-state index in [1.165, 1.54) is 18.4 Å². The van der Waals surface area contributed by atoms with E-state index >= 15 is 0 Å². The number of carbonyl (C=O) groups excluding carboxylic acids is 1. The van der Waals surface area contributed by atoms with Crippen LogP contribution in [-0.4, -0.2) is 37.7 Å². The first-order valence-corrected chi connectivity index (χ1v) is 7.49. The van der Waals surface area contributed by atoms with Crippen molar-refractivity contribution in [1.82, 2.24) is 10.6 Å². The fourth-order valence-corrected chi connectivity index (χ4v) is 2.71. The van der Waals surface area contributed by atoms with Crippen LogP contribution in [0.5, 0.6) is 0 Å². The first-order chi connectivity index (χ1) is 9.83. The number of hydrogen-bond donors (Lipinski definition) is 2. The summed E-state index contributed by atoms with van der Waals surface area (Å²) in [6, 6.07) is 10.6. The number of amides is 1. The van der Waals surface area contributed by atoms with Crippen molar-refractivity contribution in [1.29, 1.82) is 0 Å². The molecule has 4 nitrogen and oxygen atoms in total. The van der Waals surface area contributed by atoms with E-state index in [2.05, 4.69) is 34.9 Å². The van der Waals surface area contributed by atoms with Crippen molar-refractivity contribution in [3.63, 3.8) is 0 Å². The van der Waals surface area contributed by atoms with Crippen LogP contribution in [-0.2, 0) is 16.0 Å². The van der Waals surface area contributed by atoms with Crippen LogP contribution >= 0.6 is 0 Å². The van der Waals surface area contributed by atoms with Gasteiger partial charge >= 0.3 is 0 Å². The molecule has 1 aliphatic heterocycles. The van der Waals surface area contributed by atoms with E-state index in [-0.39, 0.29) is 18.1 Å². The van der Waals surface area contributed by atoms with Gasteiger partial charge in [0.05, 0.1) is 6.61 Å². The van der Waals surface area contributed by atoms with Crippen molar-refractivity contribution < 1.29 is 9.53 Å². The molecule has 1 saturated carbocycles. The van der Waals surface area contributed by atoms with Gasteiger partial charge in [-0.15, -0.1) is 0 Å². The van der Waals surface area contributed by atoms with Gasteiger partial charge in [-0.3, -0.25) is 4.79 Å². The number of rotatable bonds is 5. The highest BCUT2D eigenvalue weighted by atomic mass is 16.5. The molecule has 1 heterocycles. The standard InChI is InChI=1S/C16H22N2O2/c19-16(15-11-17-8-9-20-15)18-14(13-6-7-13)10-12-4-2-1-3-5-12/h1-5,13-15,17H,6-11H2,(H,18,19). The van der Waals surface area contributed by atoms with Crippen molar-refractivity contribution in [2.45, 2.75) is 31.4 Å².